The molecule has 0 aliphatic carbocycles. The third-order valence-electron chi connectivity index (χ3n) is 6.32. The van der Waals surface area contributed by atoms with E-state index in [9.17, 15) is 8.42 Å². The van der Waals surface area contributed by atoms with Crippen molar-refractivity contribution in [1.29, 1.82) is 0 Å². The first-order valence-corrected chi connectivity index (χ1v) is 14.4. The maximum atomic E-state index is 13.0. The van der Waals surface area contributed by atoms with Gasteiger partial charge in [-0.2, -0.15) is 0 Å². The van der Waals surface area contributed by atoms with E-state index in [4.69, 9.17) is 4.98 Å². The molecule has 0 saturated heterocycles. The van der Waals surface area contributed by atoms with Crippen LogP contribution in [0.15, 0.2) is 108 Å². The van der Waals surface area contributed by atoms with Gasteiger partial charge in [0, 0.05) is 47.2 Å². The van der Waals surface area contributed by atoms with E-state index in [1.807, 2.05) is 63.2 Å². The number of fused-ring (bicyclic) bond motifs is 1. The van der Waals surface area contributed by atoms with Crippen LogP contribution in [0, 0.1) is 0 Å². The van der Waals surface area contributed by atoms with E-state index in [1.54, 1.807) is 18.5 Å². The maximum Gasteiger partial charge on any atom is 0.242 e. The number of nitrogens with one attached hydrogen (secondary N) is 2. The summed E-state index contributed by atoms with van der Waals surface area (Å²) in [5, 5.41) is 5.50. The van der Waals surface area contributed by atoms with Crippen LogP contribution in [0.25, 0.3) is 33.0 Å². The molecule has 0 aliphatic heterocycles. The van der Waals surface area contributed by atoms with Crippen LogP contribution in [0.5, 0.6) is 0 Å². The average molecular weight is 537 g/mol. The van der Waals surface area contributed by atoms with Crippen molar-refractivity contribution in [1.82, 2.24) is 14.7 Å². The minimum absolute atomic E-state index is 0.118. The zero-order valence-electron chi connectivity index (χ0n) is 22.3. The number of nitrogens with zero attached hydrogens (tertiary/aromatic N) is 2. The van der Waals surface area contributed by atoms with Gasteiger partial charge in [-0.05, 0) is 55.3 Å². The number of rotatable bonds is 8. The van der Waals surface area contributed by atoms with Gasteiger partial charge >= 0.3 is 0 Å². The predicted octanol–water partition coefficient (Wildman–Crippen LogP) is 6.70. The summed E-state index contributed by atoms with van der Waals surface area (Å²) in [6, 6.07) is 28.4. The number of hydrogen-bond acceptors (Lipinski definition) is 5. The number of sulfonamides is 1. The fourth-order valence-corrected chi connectivity index (χ4v) is 6.07. The average Bonchev–Trinajstić information content (AvgIpc) is 2.92. The molecule has 6 nitrogen and oxygen atoms in total. The first kappa shape index (κ1) is 26.5. The molecule has 2 aromatic heterocycles. The van der Waals surface area contributed by atoms with Crippen LogP contribution in [0.2, 0.25) is 0 Å². The Bertz CT molecular complexity index is 1700. The molecule has 0 unspecified atom stereocenters. The molecule has 5 rings (SSSR count). The molecule has 0 radical (unpaired) electrons. The van der Waals surface area contributed by atoms with Gasteiger partial charge < -0.3 is 5.32 Å². The van der Waals surface area contributed by atoms with E-state index in [2.05, 4.69) is 51.4 Å². The van der Waals surface area contributed by atoms with Crippen molar-refractivity contribution in [2.45, 2.75) is 37.6 Å². The Morgan fingerprint density at radius 2 is 1.49 bits per heavy atom. The SMILES string of the molecule is CC(C)(C)NS(=O)(=O)c1cncc(-c2cnc(NCCc3ccccc3)c3c(-c4ccccc4)cccc23)c1. The quantitative estimate of drug-likeness (QED) is 0.231. The van der Waals surface area contributed by atoms with Crippen LogP contribution in [-0.2, 0) is 16.4 Å². The summed E-state index contributed by atoms with van der Waals surface area (Å²) >= 11 is 0. The fraction of sp³-hybridized carbons (Fsp3) is 0.188. The Hall–Kier alpha value is -4.07. The highest BCUT2D eigenvalue weighted by Gasteiger charge is 2.23. The highest BCUT2D eigenvalue weighted by molar-refractivity contribution is 7.89. The lowest BCUT2D eigenvalue weighted by Crippen LogP contribution is -2.40. The molecule has 39 heavy (non-hydrogen) atoms. The topological polar surface area (TPSA) is 84.0 Å². The number of benzene rings is 3. The Kier molecular flexibility index (Phi) is 7.46. The zero-order chi connectivity index (χ0) is 27.5. The molecule has 0 atom stereocenters. The molecule has 198 valence electrons. The predicted molar refractivity (Wildman–Crippen MR) is 159 cm³/mol. The van der Waals surface area contributed by atoms with Gasteiger partial charge in [0.1, 0.15) is 10.7 Å². The zero-order valence-corrected chi connectivity index (χ0v) is 23.2. The van der Waals surface area contributed by atoms with E-state index >= 15 is 0 Å². The smallest absolute Gasteiger partial charge is 0.242 e. The monoisotopic (exact) mass is 536 g/mol. The summed E-state index contributed by atoms with van der Waals surface area (Å²) in [7, 11) is -3.74. The lowest BCUT2D eigenvalue weighted by atomic mass is 9.94. The highest BCUT2D eigenvalue weighted by Crippen LogP contribution is 2.38. The van der Waals surface area contributed by atoms with Gasteiger partial charge in [0.2, 0.25) is 10.0 Å². The lowest BCUT2D eigenvalue weighted by Gasteiger charge is -2.20. The third kappa shape index (κ3) is 6.16. The summed E-state index contributed by atoms with van der Waals surface area (Å²) in [5.41, 5.74) is 4.28. The lowest BCUT2D eigenvalue weighted by molar-refractivity contribution is 0.491. The number of aromatic nitrogens is 2. The van der Waals surface area contributed by atoms with Gasteiger partial charge in [0.05, 0.1) is 0 Å². The molecule has 0 fully saturated rings. The molecule has 0 bridgehead atoms. The molecule has 0 spiro atoms. The summed E-state index contributed by atoms with van der Waals surface area (Å²) in [4.78, 5) is 9.25. The molecule has 0 aliphatic rings. The molecule has 0 amide bonds. The second-order valence-corrected chi connectivity index (χ2v) is 12.2. The second kappa shape index (κ2) is 11.0. The molecule has 7 heteroatoms. The van der Waals surface area contributed by atoms with Gasteiger partial charge in [-0.3, -0.25) is 4.98 Å². The molecule has 2 heterocycles. The number of pyridine rings is 2. The van der Waals surface area contributed by atoms with Gasteiger partial charge in [-0.15, -0.1) is 0 Å². The van der Waals surface area contributed by atoms with Crippen LogP contribution >= 0.6 is 0 Å². The Labute approximate surface area is 230 Å². The maximum absolute atomic E-state index is 13.0. The minimum Gasteiger partial charge on any atom is -0.369 e. The molecular weight excluding hydrogens is 504 g/mol. The molecule has 2 N–H and O–H groups in total. The van der Waals surface area contributed by atoms with Crippen molar-refractivity contribution >= 4 is 26.6 Å². The molecule has 5 aromatic rings. The summed E-state index contributed by atoms with van der Waals surface area (Å²) in [6.07, 6.45) is 5.72. The number of anilines is 1. The number of hydrogen-bond donors (Lipinski definition) is 2. The van der Waals surface area contributed by atoms with Crippen LogP contribution in [-0.4, -0.2) is 30.5 Å². The molecule has 3 aromatic carbocycles. The van der Waals surface area contributed by atoms with Gasteiger partial charge in [-0.25, -0.2) is 18.1 Å². The van der Waals surface area contributed by atoms with Gasteiger partial charge in [-0.1, -0.05) is 78.9 Å². The molecular formula is C32H32N4O2S. The summed E-state index contributed by atoms with van der Waals surface area (Å²) < 4.78 is 28.8. The fourth-order valence-electron chi connectivity index (χ4n) is 4.66. The van der Waals surface area contributed by atoms with Crippen molar-refractivity contribution in [3.63, 3.8) is 0 Å². The van der Waals surface area contributed by atoms with Crippen LogP contribution in [0.1, 0.15) is 26.3 Å². The van der Waals surface area contributed by atoms with E-state index in [0.717, 1.165) is 46.2 Å². The van der Waals surface area contributed by atoms with Crippen molar-refractivity contribution in [3.8, 4) is 22.3 Å². The Balaban J connectivity index is 1.61. The van der Waals surface area contributed by atoms with E-state index in [-0.39, 0.29) is 4.90 Å². The first-order chi connectivity index (χ1) is 18.7. The summed E-state index contributed by atoms with van der Waals surface area (Å²) in [6.45, 7) is 6.16. The Morgan fingerprint density at radius 3 is 2.21 bits per heavy atom. The second-order valence-electron chi connectivity index (χ2n) is 10.5. The Morgan fingerprint density at radius 1 is 0.769 bits per heavy atom. The van der Waals surface area contributed by atoms with E-state index < -0.39 is 15.6 Å². The molecule has 0 saturated carbocycles. The van der Waals surface area contributed by atoms with Crippen molar-refractivity contribution in [2.24, 2.45) is 0 Å². The van der Waals surface area contributed by atoms with Crippen molar-refractivity contribution in [2.75, 3.05) is 11.9 Å². The normalized spacial score (nSPS) is 12.0. The van der Waals surface area contributed by atoms with Crippen LogP contribution in [0.3, 0.4) is 0 Å². The van der Waals surface area contributed by atoms with E-state index in [1.165, 1.54) is 11.8 Å². The van der Waals surface area contributed by atoms with Crippen molar-refractivity contribution in [3.05, 3.63) is 109 Å². The summed E-state index contributed by atoms with van der Waals surface area (Å²) in [5.74, 6) is 0.787. The van der Waals surface area contributed by atoms with E-state index in [0.29, 0.717) is 5.56 Å². The van der Waals surface area contributed by atoms with Gasteiger partial charge in [0.15, 0.2) is 0 Å². The van der Waals surface area contributed by atoms with Crippen LogP contribution < -0.4 is 10.0 Å². The van der Waals surface area contributed by atoms with Crippen molar-refractivity contribution < 1.29 is 8.42 Å². The van der Waals surface area contributed by atoms with Crippen LogP contribution in [0.4, 0.5) is 5.82 Å². The third-order valence-corrected chi connectivity index (χ3v) is 8.05. The first-order valence-electron chi connectivity index (χ1n) is 13.0. The standard InChI is InChI=1S/C32H32N4O2S/c1-32(2,3)36-39(37,38)26-19-25(20-33-21-26)29-22-35-31(34-18-17-23-11-6-4-7-12-23)30-27(15-10-16-28(29)30)24-13-8-5-9-14-24/h4-16,19-22,36H,17-18H2,1-3H3,(H,34,35). The minimum atomic E-state index is -3.74. The largest absolute Gasteiger partial charge is 0.369 e. The highest BCUT2D eigenvalue weighted by atomic mass is 32.2. The van der Waals surface area contributed by atoms with Gasteiger partial charge in [0.25, 0.3) is 0 Å².